The van der Waals surface area contributed by atoms with Crippen molar-refractivity contribution in [3.05, 3.63) is 34.5 Å². The zero-order valence-corrected chi connectivity index (χ0v) is 11.2. The topological polar surface area (TPSA) is 39.2 Å². The van der Waals surface area contributed by atoms with Crippen LogP contribution in [0.4, 0.5) is 0 Å². The average molecular weight is 294 g/mol. The molecular formula is C14H16BrNO. The standard InChI is InChI=1S/C14H16BrNO/c15-11-6-2-5-10-8-13(17-14(10)11)12(16)7-9-3-1-4-9/h2,5-6,8-9,12H,1,3-4,7,16H2. The molecule has 1 heterocycles. The van der Waals surface area contributed by atoms with Crippen LogP contribution >= 0.6 is 15.9 Å². The summed E-state index contributed by atoms with van der Waals surface area (Å²) in [7, 11) is 0. The van der Waals surface area contributed by atoms with Crippen LogP contribution in [-0.4, -0.2) is 0 Å². The molecule has 1 aromatic carbocycles. The molecule has 3 rings (SSSR count). The Bertz CT molecular complexity index is 530. The van der Waals surface area contributed by atoms with Crippen LogP contribution in [0.25, 0.3) is 11.0 Å². The minimum Gasteiger partial charge on any atom is -0.458 e. The van der Waals surface area contributed by atoms with Crippen LogP contribution < -0.4 is 5.73 Å². The molecule has 0 radical (unpaired) electrons. The van der Waals surface area contributed by atoms with Gasteiger partial charge in [-0.25, -0.2) is 0 Å². The molecule has 1 saturated carbocycles. The van der Waals surface area contributed by atoms with Crippen LogP contribution in [0.15, 0.2) is 33.2 Å². The predicted octanol–water partition coefficient (Wildman–Crippen LogP) is 4.39. The van der Waals surface area contributed by atoms with Gasteiger partial charge < -0.3 is 10.2 Å². The van der Waals surface area contributed by atoms with Crippen molar-refractivity contribution in [3.8, 4) is 0 Å². The number of furan rings is 1. The van der Waals surface area contributed by atoms with Gasteiger partial charge in [0.1, 0.15) is 11.3 Å². The normalized spacial score (nSPS) is 18.2. The molecule has 0 spiro atoms. The van der Waals surface area contributed by atoms with Crippen LogP contribution in [0.5, 0.6) is 0 Å². The Labute approximate surface area is 109 Å². The van der Waals surface area contributed by atoms with E-state index in [4.69, 9.17) is 10.2 Å². The van der Waals surface area contributed by atoms with Crippen molar-refractivity contribution >= 4 is 26.9 Å². The summed E-state index contributed by atoms with van der Waals surface area (Å²) in [5.74, 6) is 1.72. The second kappa shape index (κ2) is 4.46. The molecular weight excluding hydrogens is 278 g/mol. The summed E-state index contributed by atoms with van der Waals surface area (Å²) in [4.78, 5) is 0. The lowest BCUT2D eigenvalue weighted by atomic mass is 9.80. The van der Waals surface area contributed by atoms with E-state index < -0.39 is 0 Å². The molecule has 1 aliphatic carbocycles. The summed E-state index contributed by atoms with van der Waals surface area (Å²) in [5, 5.41) is 1.12. The van der Waals surface area contributed by atoms with Crippen molar-refractivity contribution in [3.63, 3.8) is 0 Å². The third-order valence-corrected chi connectivity index (χ3v) is 4.32. The molecule has 3 heteroatoms. The number of para-hydroxylation sites is 1. The first kappa shape index (κ1) is 11.3. The second-order valence-electron chi connectivity index (χ2n) is 4.95. The number of halogens is 1. The third kappa shape index (κ3) is 2.14. The highest BCUT2D eigenvalue weighted by atomic mass is 79.9. The number of benzene rings is 1. The van der Waals surface area contributed by atoms with E-state index in [-0.39, 0.29) is 6.04 Å². The van der Waals surface area contributed by atoms with Crippen molar-refractivity contribution in [2.75, 3.05) is 0 Å². The van der Waals surface area contributed by atoms with E-state index in [0.29, 0.717) is 0 Å². The zero-order chi connectivity index (χ0) is 11.8. The number of hydrogen-bond acceptors (Lipinski definition) is 2. The summed E-state index contributed by atoms with van der Waals surface area (Å²) >= 11 is 3.50. The molecule has 1 unspecified atom stereocenters. The molecule has 1 aliphatic rings. The van der Waals surface area contributed by atoms with Gasteiger partial charge in [0.2, 0.25) is 0 Å². The molecule has 2 nitrogen and oxygen atoms in total. The van der Waals surface area contributed by atoms with Crippen LogP contribution in [-0.2, 0) is 0 Å². The molecule has 0 aliphatic heterocycles. The summed E-state index contributed by atoms with van der Waals surface area (Å²) in [6, 6.07) is 8.18. The molecule has 1 fully saturated rings. The van der Waals surface area contributed by atoms with E-state index >= 15 is 0 Å². The van der Waals surface area contributed by atoms with Crippen molar-refractivity contribution in [2.24, 2.45) is 11.7 Å². The van der Waals surface area contributed by atoms with E-state index in [1.165, 1.54) is 19.3 Å². The molecule has 0 amide bonds. The van der Waals surface area contributed by atoms with Gasteiger partial charge in [0.05, 0.1) is 10.5 Å². The van der Waals surface area contributed by atoms with Gasteiger partial charge in [-0.05, 0) is 40.4 Å². The maximum Gasteiger partial charge on any atom is 0.148 e. The van der Waals surface area contributed by atoms with Gasteiger partial charge in [0.25, 0.3) is 0 Å². The van der Waals surface area contributed by atoms with Gasteiger partial charge in [-0.3, -0.25) is 0 Å². The van der Waals surface area contributed by atoms with Gasteiger partial charge >= 0.3 is 0 Å². The second-order valence-corrected chi connectivity index (χ2v) is 5.80. The largest absolute Gasteiger partial charge is 0.458 e. The van der Waals surface area contributed by atoms with E-state index in [0.717, 1.165) is 33.5 Å². The average Bonchev–Trinajstić information content (AvgIpc) is 2.68. The number of fused-ring (bicyclic) bond motifs is 1. The Balaban J connectivity index is 1.86. The number of rotatable bonds is 3. The van der Waals surface area contributed by atoms with Crippen molar-refractivity contribution in [1.29, 1.82) is 0 Å². The van der Waals surface area contributed by atoms with E-state index in [2.05, 4.69) is 28.1 Å². The van der Waals surface area contributed by atoms with Gasteiger partial charge in [0.15, 0.2) is 0 Å². The lowest BCUT2D eigenvalue weighted by molar-refractivity contribution is 0.267. The van der Waals surface area contributed by atoms with Crippen molar-refractivity contribution in [2.45, 2.75) is 31.7 Å². The maximum absolute atomic E-state index is 6.21. The predicted molar refractivity (Wildman–Crippen MR) is 72.8 cm³/mol. The lowest BCUT2D eigenvalue weighted by Gasteiger charge is -2.27. The van der Waals surface area contributed by atoms with E-state index in [1.54, 1.807) is 0 Å². The quantitative estimate of drug-likeness (QED) is 0.912. The highest BCUT2D eigenvalue weighted by Gasteiger charge is 2.23. The SMILES string of the molecule is NC(CC1CCC1)c1cc2cccc(Br)c2o1. The minimum atomic E-state index is 0.0413. The highest BCUT2D eigenvalue weighted by molar-refractivity contribution is 9.10. The Morgan fingerprint density at radius 3 is 2.88 bits per heavy atom. The number of hydrogen-bond donors (Lipinski definition) is 1. The minimum absolute atomic E-state index is 0.0413. The van der Waals surface area contributed by atoms with Crippen LogP contribution in [0, 0.1) is 5.92 Å². The van der Waals surface area contributed by atoms with Gasteiger partial charge in [-0.1, -0.05) is 31.4 Å². The Morgan fingerprint density at radius 2 is 2.24 bits per heavy atom. The molecule has 0 bridgehead atoms. The zero-order valence-electron chi connectivity index (χ0n) is 9.66. The van der Waals surface area contributed by atoms with Crippen LogP contribution in [0.3, 0.4) is 0 Å². The fourth-order valence-corrected chi connectivity index (χ4v) is 2.90. The molecule has 0 saturated heterocycles. The summed E-state index contributed by atoms with van der Waals surface area (Å²) in [6.45, 7) is 0. The number of nitrogens with two attached hydrogens (primary N) is 1. The first-order chi connectivity index (χ1) is 8.24. The molecule has 17 heavy (non-hydrogen) atoms. The van der Waals surface area contributed by atoms with E-state index in [9.17, 15) is 0 Å². The fourth-order valence-electron chi connectivity index (χ4n) is 2.43. The highest BCUT2D eigenvalue weighted by Crippen LogP contribution is 2.36. The molecule has 2 N–H and O–H groups in total. The fraction of sp³-hybridized carbons (Fsp3) is 0.429. The summed E-state index contributed by atoms with van der Waals surface area (Å²) < 4.78 is 6.86. The van der Waals surface area contributed by atoms with Crippen molar-refractivity contribution in [1.82, 2.24) is 0 Å². The van der Waals surface area contributed by atoms with Crippen LogP contribution in [0.2, 0.25) is 0 Å². The Kier molecular flexibility index (Phi) is 2.97. The first-order valence-corrected chi connectivity index (χ1v) is 6.97. The van der Waals surface area contributed by atoms with Crippen molar-refractivity contribution < 1.29 is 4.42 Å². The molecule has 2 aromatic rings. The first-order valence-electron chi connectivity index (χ1n) is 6.17. The molecule has 1 aromatic heterocycles. The van der Waals surface area contributed by atoms with Gasteiger partial charge in [-0.15, -0.1) is 0 Å². The Hall–Kier alpha value is -0.800. The summed E-state index contributed by atoms with van der Waals surface area (Å²) in [6.07, 6.45) is 5.08. The molecule has 1 atom stereocenters. The van der Waals surface area contributed by atoms with Gasteiger partial charge in [0, 0.05) is 5.39 Å². The Morgan fingerprint density at radius 1 is 1.41 bits per heavy atom. The smallest absolute Gasteiger partial charge is 0.148 e. The molecule has 90 valence electrons. The van der Waals surface area contributed by atoms with Crippen LogP contribution in [0.1, 0.15) is 37.5 Å². The van der Waals surface area contributed by atoms with Gasteiger partial charge in [-0.2, -0.15) is 0 Å². The third-order valence-electron chi connectivity index (χ3n) is 3.69. The monoisotopic (exact) mass is 293 g/mol. The lowest BCUT2D eigenvalue weighted by Crippen LogP contribution is -2.19. The summed E-state index contributed by atoms with van der Waals surface area (Å²) in [5.41, 5.74) is 7.12. The van der Waals surface area contributed by atoms with E-state index in [1.807, 2.05) is 12.1 Å². The maximum atomic E-state index is 6.21.